The molecule has 0 amide bonds. The molecule has 2 rings (SSSR count). The molecule has 0 spiro atoms. The molecule has 0 saturated carbocycles. The number of nitrogens with zero attached hydrogens (tertiary/aromatic N) is 1. The van der Waals surface area contributed by atoms with E-state index in [1.54, 1.807) is 0 Å². The van der Waals surface area contributed by atoms with Crippen LogP contribution < -0.4 is 10.9 Å². The number of hydrogen-bond acceptors (Lipinski definition) is 3. The lowest BCUT2D eigenvalue weighted by atomic mass is 10.0. The zero-order valence-electron chi connectivity index (χ0n) is 7.39. The van der Waals surface area contributed by atoms with Crippen LogP contribution in [0.5, 0.6) is 0 Å². The number of piperidine rings is 1. The first-order valence-electron chi connectivity index (χ1n) is 4.55. The van der Waals surface area contributed by atoms with E-state index in [0.717, 1.165) is 25.7 Å². The summed E-state index contributed by atoms with van der Waals surface area (Å²) in [6.07, 6.45) is 3.34. The highest BCUT2D eigenvalue weighted by atomic mass is 32.2. The first-order valence-corrected chi connectivity index (χ1v) is 6.05. The molecule has 0 aromatic rings. The Kier molecular flexibility index (Phi) is 2.10. The molecule has 0 aliphatic carbocycles. The lowest BCUT2D eigenvalue weighted by Gasteiger charge is -2.35. The first-order chi connectivity index (χ1) is 5.98. The van der Waals surface area contributed by atoms with E-state index in [0.29, 0.717) is 0 Å². The minimum absolute atomic E-state index is 0.0590. The van der Waals surface area contributed by atoms with Crippen molar-refractivity contribution in [1.82, 2.24) is 4.31 Å². The van der Waals surface area contributed by atoms with Crippen molar-refractivity contribution >= 4 is 10.2 Å². The Bertz CT molecular complexity index is 289. The molecule has 2 heterocycles. The normalized spacial score (nSPS) is 40.9. The van der Waals surface area contributed by atoms with E-state index in [4.69, 9.17) is 10.9 Å². The highest BCUT2D eigenvalue weighted by molar-refractivity contribution is 7.86. The molecule has 2 aliphatic rings. The predicted molar refractivity (Wildman–Crippen MR) is 49.0 cm³/mol. The molecule has 2 atom stereocenters. The van der Waals surface area contributed by atoms with Crippen LogP contribution in [0.2, 0.25) is 0 Å². The van der Waals surface area contributed by atoms with E-state index in [2.05, 4.69) is 0 Å². The molecule has 2 unspecified atom stereocenters. The van der Waals surface area contributed by atoms with Crippen LogP contribution in [0.3, 0.4) is 0 Å². The highest BCUT2D eigenvalue weighted by Gasteiger charge is 2.44. The van der Waals surface area contributed by atoms with Gasteiger partial charge in [0.05, 0.1) is 0 Å². The number of fused-ring (bicyclic) bond motifs is 2. The molecule has 2 saturated heterocycles. The third-order valence-corrected chi connectivity index (χ3v) is 4.18. The van der Waals surface area contributed by atoms with Gasteiger partial charge in [0.2, 0.25) is 0 Å². The van der Waals surface area contributed by atoms with E-state index in [-0.39, 0.29) is 18.1 Å². The van der Waals surface area contributed by atoms with Crippen LogP contribution in [-0.4, -0.2) is 30.8 Å². The molecule has 5 nitrogen and oxygen atoms in total. The highest BCUT2D eigenvalue weighted by Crippen LogP contribution is 2.36. The topological polar surface area (TPSA) is 89.4 Å². The average molecular weight is 205 g/mol. The van der Waals surface area contributed by atoms with Gasteiger partial charge in [-0.25, -0.2) is 5.14 Å². The van der Waals surface area contributed by atoms with Crippen molar-refractivity contribution < 1.29 is 8.42 Å². The molecule has 13 heavy (non-hydrogen) atoms. The van der Waals surface area contributed by atoms with Gasteiger partial charge in [-0.15, -0.1) is 0 Å². The van der Waals surface area contributed by atoms with Crippen LogP contribution in [0.15, 0.2) is 0 Å². The quantitative estimate of drug-likeness (QED) is 0.584. The van der Waals surface area contributed by atoms with Gasteiger partial charge in [-0.3, -0.25) is 0 Å². The van der Waals surface area contributed by atoms with Crippen LogP contribution in [0.4, 0.5) is 0 Å². The molecule has 0 radical (unpaired) electrons. The summed E-state index contributed by atoms with van der Waals surface area (Å²) in [5, 5.41) is 5.13. The van der Waals surface area contributed by atoms with Crippen LogP contribution in [0.25, 0.3) is 0 Å². The third-order valence-electron chi connectivity index (χ3n) is 3.00. The maximum absolute atomic E-state index is 11.2. The van der Waals surface area contributed by atoms with Crippen LogP contribution in [0, 0.1) is 0 Å². The number of hydrogen-bond donors (Lipinski definition) is 2. The second-order valence-corrected chi connectivity index (χ2v) is 5.44. The lowest BCUT2D eigenvalue weighted by molar-refractivity contribution is 0.227. The van der Waals surface area contributed by atoms with E-state index in [9.17, 15) is 8.42 Å². The van der Waals surface area contributed by atoms with E-state index >= 15 is 0 Å². The summed E-state index contributed by atoms with van der Waals surface area (Å²) in [7, 11) is -3.51. The molecule has 76 valence electrons. The van der Waals surface area contributed by atoms with Crippen LogP contribution in [-0.2, 0) is 10.2 Å². The van der Waals surface area contributed by atoms with Gasteiger partial charge in [-0.05, 0) is 25.7 Å². The second kappa shape index (κ2) is 2.91. The van der Waals surface area contributed by atoms with Crippen LogP contribution >= 0.6 is 0 Å². The van der Waals surface area contributed by atoms with Crippen molar-refractivity contribution in [1.29, 1.82) is 0 Å². The van der Waals surface area contributed by atoms with Crippen molar-refractivity contribution in [3.8, 4) is 0 Å². The van der Waals surface area contributed by atoms with Gasteiger partial charge in [0, 0.05) is 18.1 Å². The summed E-state index contributed by atoms with van der Waals surface area (Å²) in [6.45, 7) is 0. The minimum Gasteiger partial charge on any atom is -0.328 e. The summed E-state index contributed by atoms with van der Waals surface area (Å²) < 4.78 is 23.9. The maximum Gasteiger partial charge on any atom is 0.277 e. The van der Waals surface area contributed by atoms with Crippen LogP contribution in [0.1, 0.15) is 25.7 Å². The lowest BCUT2D eigenvalue weighted by Crippen LogP contribution is -2.52. The Morgan fingerprint density at radius 3 is 2.00 bits per heavy atom. The largest absolute Gasteiger partial charge is 0.328 e. The summed E-state index contributed by atoms with van der Waals surface area (Å²) in [4.78, 5) is 0. The molecule has 6 heteroatoms. The number of rotatable bonds is 1. The Morgan fingerprint density at radius 2 is 1.62 bits per heavy atom. The summed E-state index contributed by atoms with van der Waals surface area (Å²) in [5.74, 6) is 0. The van der Waals surface area contributed by atoms with Crippen molar-refractivity contribution in [3.63, 3.8) is 0 Å². The molecule has 2 fully saturated rings. The molecular formula is C7H15N3O2S. The fourth-order valence-corrected chi connectivity index (χ4v) is 3.81. The summed E-state index contributed by atoms with van der Waals surface area (Å²) in [6, 6.07) is 0.267. The van der Waals surface area contributed by atoms with Gasteiger partial charge >= 0.3 is 0 Å². The Hall–Kier alpha value is -0.170. The van der Waals surface area contributed by atoms with Gasteiger partial charge in [0.25, 0.3) is 10.2 Å². The summed E-state index contributed by atoms with van der Waals surface area (Å²) >= 11 is 0. The SMILES string of the molecule is NC1CC2CCC(C1)N2S(N)(=O)=O. The Morgan fingerprint density at radius 1 is 1.15 bits per heavy atom. The molecule has 4 N–H and O–H groups in total. The van der Waals surface area contributed by atoms with Gasteiger partial charge in [0.1, 0.15) is 0 Å². The standard InChI is InChI=1S/C7H15N3O2S/c8-5-3-6-1-2-7(4-5)10(6)13(9,11)12/h5-7H,1-4,8H2,(H2,9,11,12). The average Bonchev–Trinajstić information content (AvgIpc) is 2.23. The minimum atomic E-state index is -3.51. The molecule has 2 aliphatic heterocycles. The third kappa shape index (κ3) is 1.59. The van der Waals surface area contributed by atoms with Gasteiger partial charge < -0.3 is 5.73 Å². The summed E-state index contributed by atoms with van der Waals surface area (Å²) in [5.41, 5.74) is 5.80. The Labute approximate surface area is 78.3 Å². The molecule has 0 aromatic carbocycles. The van der Waals surface area contributed by atoms with E-state index in [1.165, 1.54) is 4.31 Å². The fourth-order valence-electron chi connectivity index (χ4n) is 2.59. The zero-order valence-corrected chi connectivity index (χ0v) is 8.20. The van der Waals surface area contributed by atoms with Gasteiger partial charge in [0.15, 0.2) is 0 Å². The van der Waals surface area contributed by atoms with Crippen molar-refractivity contribution in [2.24, 2.45) is 10.9 Å². The fraction of sp³-hybridized carbons (Fsp3) is 1.00. The first kappa shape index (κ1) is 9.39. The Balaban J connectivity index is 2.25. The van der Waals surface area contributed by atoms with E-state index < -0.39 is 10.2 Å². The van der Waals surface area contributed by atoms with E-state index in [1.807, 2.05) is 0 Å². The van der Waals surface area contributed by atoms with Gasteiger partial charge in [-0.1, -0.05) is 0 Å². The van der Waals surface area contributed by atoms with Crippen molar-refractivity contribution in [3.05, 3.63) is 0 Å². The molecular weight excluding hydrogens is 190 g/mol. The molecule has 0 aromatic heterocycles. The van der Waals surface area contributed by atoms with Crippen molar-refractivity contribution in [2.45, 2.75) is 43.8 Å². The monoisotopic (exact) mass is 205 g/mol. The predicted octanol–water partition coefficient (Wildman–Crippen LogP) is -0.856. The zero-order chi connectivity index (χ0) is 9.64. The number of nitrogens with two attached hydrogens (primary N) is 2. The smallest absolute Gasteiger partial charge is 0.277 e. The maximum atomic E-state index is 11.2. The molecule has 2 bridgehead atoms. The van der Waals surface area contributed by atoms with Crippen molar-refractivity contribution in [2.75, 3.05) is 0 Å². The van der Waals surface area contributed by atoms with Gasteiger partial charge in [-0.2, -0.15) is 12.7 Å². The second-order valence-electron chi connectivity index (χ2n) is 3.99.